The van der Waals surface area contributed by atoms with Gasteiger partial charge >= 0.3 is 0 Å². The van der Waals surface area contributed by atoms with Crippen molar-refractivity contribution in [3.8, 4) is 5.75 Å². The van der Waals surface area contributed by atoms with Gasteiger partial charge in [-0.2, -0.15) is 14.9 Å². The van der Waals surface area contributed by atoms with Crippen molar-refractivity contribution >= 4 is 24.1 Å². The van der Waals surface area contributed by atoms with E-state index < -0.39 is 4.92 Å². The molecule has 0 atom stereocenters. The molecule has 0 aliphatic heterocycles. The Labute approximate surface area is 118 Å². The molecule has 2 aromatic rings. The second-order valence-corrected chi connectivity index (χ2v) is 4.24. The number of aromatic hydroxyl groups is 1. The van der Waals surface area contributed by atoms with Crippen LogP contribution < -0.4 is 0 Å². The number of aromatic amines is 1. The standard InChI is InChI=1S/C11H11N5O3S/c1-2-10-13-14-11(20)15(10)12-6-7-5-8(16(18)19)3-4-9(7)17/h3-6,17H,2H2,1H3,(H,14,20)/b12-6-. The fraction of sp³-hybridized carbons (Fsp3) is 0.182. The predicted octanol–water partition coefficient (Wildman–Crippen LogP) is 2.00. The Morgan fingerprint density at radius 1 is 1.65 bits per heavy atom. The van der Waals surface area contributed by atoms with Crippen molar-refractivity contribution < 1.29 is 10.0 Å². The lowest BCUT2D eigenvalue weighted by Crippen LogP contribution is -1.98. The smallest absolute Gasteiger partial charge is 0.270 e. The van der Waals surface area contributed by atoms with Gasteiger partial charge in [0.2, 0.25) is 4.77 Å². The Kier molecular flexibility index (Phi) is 3.89. The number of nitro groups is 1. The van der Waals surface area contributed by atoms with Crippen LogP contribution in [0.4, 0.5) is 5.69 Å². The van der Waals surface area contributed by atoms with Crippen molar-refractivity contribution in [1.82, 2.24) is 14.9 Å². The SMILES string of the molecule is CCc1n[nH]c(=S)n1/N=C\c1cc([N+](=O)[O-])ccc1O. The molecule has 0 amide bonds. The van der Waals surface area contributed by atoms with Crippen molar-refractivity contribution in [2.45, 2.75) is 13.3 Å². The molecule has 0 saturated carbocycles. The third-order valence-corrected chi connectivity index (χ3v) is 2.83. The zero-order chi connectivity index (χ0) is 14.7. The summed E-state index contributed by atoms with van der Waals surface area (Å²) in [6.45, 7) is 1.89. The Hall–Kier alpha value is -2.55. The van der Waals surface area contributed by atoms with E-state index in [4.69, 9.17) is 12.2 Å². The summed E-state index contributed by atoms with van der Waals surface area (Å²) in [4.78, 5) is 10.2. The highest BCUT2D eigenvalue weighted by Gasteiger charge is 2.09. The molecule has 2 N–H and O–H groups in total. The molecule has 0 saturated heterocycles. The van der Waals surface area contributed by atoms with Gasteiger partial charge in [0.1, 0.15) is 5.75 Å². The van der Waals surface area contributed by atoms with Crippen LogP contribution in [0.15, 0.2) is 23.3 Å². The minimum Gasteiger partial charge on any atom is -0.507 e. The zero-order valence-corrected chi connectivity index (χ0v) is 11.3. The quantitative estimate of drug-likeness (QED) is 0.388. The van der Waals surface area contributed by atoms with Crippen molar-refractivity contribution in [3.63, 3.8) is 0 Å². The Morgan fingerprint density at radius 2 is 2.40 bits per heavy atom. The van der Waals surface area contributed by atoms with Crippen LogP contribution in [0.3, 0.4) is 0 Å². The molecule has 0 radical (unpaired) electrons. The molecule has 0 aliphatic carbocycles. The molecule has 0 aliphatic rings. The Balaban J connectivity index is 2.41. The summed E-state index contributed by atoms with van der Waals surface area (Å²) < 4.78 is 1.70. The molecule has 0 bridgehead atoms. The first-order valence-corrected chi connectivity index (χ1v) is 6.11. The summed E-state index contributed by atoms with van der Waals surface area (Å²) in [5.74, 6) is 0.517. The molecular formula is C11H11N5O3S. The lowest BCUT2D eigenvalue weighted by Gasteiger charge is -2.00. The van der Waals surface area contributed by atoms with E-state index in [9.17, 15) is 15.2 Å². The molecule has 104 valence electrons. The fourth-order valence-corrected chi connectivity index (χ4v) is 1.75. The molecule has 1 aromatic carbocycles. The number of hydrogen-bond donors (Lipinski definition) is 2. The monoisotopic (exact) mass is 293 g/mol. The van der Waals surface area contributed by atoms with Crippen molar-refractivity contribution in [2.75, 3.05) is 0 Å². The van der Waals surface area contributed by atoms with Gasteiger partial charge in [-0.25, -0.2) is 0 Å². The summed E-state index contributed by atoms with van der Waals surface area (Å²) in [6, 6.07) is 3.69. The molecule has 8 nitrogen and oxygen atoms in total. The maximum Gasteiger partial charge on any atom is 0.270 e. The van der Waals surface area contributed by atoms with Crippen LogP contribution >= 0.6 is 12.2 Å². The minimum absolute atomic E-state index is 0.104. The topological polar surface area (TPSA) is 109 Å². The molecule has 1 aromatic heterocycles. The highest BCUT2D eigenvalue weighted by molar-refractivity contribution is 7.71. The fourth-order valence-electron chi connectivity index (χ4n) is 1.55. The normalized spacial score (nSPS) is 11.1. The zero-order valence-electron chi connectivity index (χ0n) is 10.5. The number of H-pyrrole nitrogens is 1. The first kappa shape index (κ1) is 13.9. The summed E-state index contributed by atoms with van der Waals surface area (Å²) in [5.41, 5.74) is 0.0973. The van der Waals surface area contributed by atoms with Crippen LogP contribution in [0.25, 0.3) is 0 Å². The number of aromatic nitrogens is 3. The number of non-ortho nitro benzene ring substituents is 1. The maximum absolute atomic E-state index is 10.7. The molecule has 1 heterocycles. The molecule has 0 fully saturated rings. The number of nitrogens with zero attached hydrogens (tertiary/aromatic N) is 4. The van der Waals surface area contributed by atoms with Crippen molar-refractivity contribution in [3.05, 3.63) is 44.5 Å². The van der Waals surface area contributed by atoms with Crippen LogP contribution in [0.2, 0.25) is 0 Å². The highest BCUT2D eigenvalue weighted by atomic mass is 32.1. The van der Waals surface area contributed by atoms with Crippen molar-refractivity contribution in [2.24, 2.45) is 5.10 Å². The second kappa shape index (κ2) is 5.61. The van der Waals surface area contributed by atoms with Gasteiger partial charge in [-0.15, -0.1) is 0 Å². The van der Waals surface area contributed by atoms with Gasteiger partial charge in [-0.3, -0.25) is 15.2 Å². The Bertz CT molecular complexity index is 734. The van der Waals surface area contributed by atoms with Crippen LogP contribution in [-0.4, -0.2) is 31.1 Å². The second-order valence-electron chi connectivity index (χ2n) is 3.86. The molecule has 2 rings (SSSR count). The van der Waals surface area contributed by atoms with Gasteiger partial charge in [-0.05, 0) is 18.3 Å². The number of rotatable bonds is 4. The molecule has 0 unspecified atom stereocenters. The predicted molar refractivity (Wildman–Crippen MR) is 74.5 cm³/mol. The van der Waals surface area contributed by atoms with Gasteiger partial charge in [-0.1, -0.05) is 6.92 Å². The van der Waals surface area contributed by atoms with E-state index in [2.05, 4.69) is 15.3 Å². The van der Waals surface area contributed by atoms with Crippen LogP contribution in [0.5, 0.6) is 5.75 Å². The Morgan fingerprint density at radius 3 is 3.05 bits per heavy atom. The number of nitro benzene ring substituents is 1. The molecule has 9 heteroatoms. The number of aryl methyl sites for hydroxylation is 1. The van der Waals surface area contributed by atoms with Gasteiger partial charge in [0.25, 0.3) is 5.69 Å². The van der Waals surface area contributed by atoms with E-state index in [-0.39, 0.29) is 17.0 Å². The van der Waals surface area contributed by atoms with Gasteiger partial charge in [0.05, 0.1) is 11.1 Å². The first-order valence-electron chi connectivity index (χ1n) is 5.71. The highest BCUT2D eigenvalue weighted by Crippen LogP contribution is 2.21. The lowest BCUT2D eigenvalue weighted by atomic mass is 10.2. The third-order valence-electron chi connectivity index (χ3n) is 2.57. The molecular weight excluding hydrogens is 282 g/mol. The number of phenolic OH excluding ortho intramolecular Hbond substituents is 1. The van der Waals surface area contributed by atoms with Crippen LogP contribution in [-0.2, 0) is 6.42 Å². The number of benzene rings is 1. The van der Waals surface area contributed by atoms with Gasteiger partial charge < -0.3 is 5.11 Å². The number of nitrogens with one attached hydrogen (secondary N) is 1. The average molecular weight is 293 g/mol. The van der Waals surface area contributed by atoms with E-state index >= 15 is 0 Å². The van der Waals surface area contributed by atoms with E-state index in [0.29, 0.717) is 17.0 Å². The summed E-state index contributed by atoms with van der Waals surface area (Å²) in [5, 5.41) is 31.0. The number of hydrogen-bond acceptors (Lipinski definition) is 6. The lowest BCUT2D eigenvalue weighted by molar-refractivity contribution is -0.384. The van der Waals surface area contributed by atoms with E-state index in [1.807, 2.05) is 6.92 Å². The average Bonchev–Trinajstić information content (AvgIpc) is 2.78. The van der Waals surface area contributed by atoms with Crippen LogP contribution in [0.1, 0.15) is 18.3 Å². The van der Waals surface area contributed by atoms with E-state index in [1.165, 1.54) is 29.1 Å². The maximum atomic E-state index is 10.7. The summed E-state index contributed by atoms with van der Waals surface area (Å²) >= 11 is 5.02. The van der Waals surface area contributed by atoms with Gasteiger partial charge in [0, 0.05) is 24.1 Å². The largest absolute Gasteiger partial charge is 0.507 e. The molecule has 0 spiro atoms. The van der Waals surface area contributed by atoms with E-state index in [1.54, 1.807) is 0 Å². The van der Waals surface area contributed by atoms with Gasteiger partial charge in [0.15, 0.2) is 5.82 Å². The molecule has 20 heavy (non-hydrogen) atoms. The van der Waals surface area contributed by atoms with Crippen molar-refractivity contribution in [1.29, 1.82) is 0 Å². The van der Waals surface area contributed by atoms with E-state index in [0.717, 1.165) is 0 Å². The van der Waals surface area contributed by atoms with Crippen LogP contribution in [0, 0.1) is 14.9 Å². The minimum atomic E-state index is -0.544. The number of phenols is 1. The first-order chi connectivity index (χ1) is 9.52. The summed E-state index contributed by atoms with van der Waals surface area (Å²) in [7, 11) is 0. The summed E-state index contributed by atoms with van der Waals surface area (Å²) in [6.07, 6.45) is 1.91. The third kappa shape index (κ3) is 2.72.